The van der Waals surface area contributed by atoms with Gasteiger partial charge in [-0.05, 0) is 19.1 Å². The Labute approximate surface area is 87.1 Å². The lowest BCUT2D eigenvalue weighted by molar-refractivity contribution is 0.474. The Balaban J connectivity index is 2.54. The molecule has 0 aliphatic heterocycles. The summed E-state index contributed by atoms with van der Waals surface area (Å²) in [6.45, 7) is 2.23. The van der Waals surface area contributed by atoms with Crippen LogP contribution in [-0.2, 0) is 6.54 Å². The zero-order valence-corrected chi connectivity index (χ0v) is 8.38. The molecule has 0 saturated heterocycles. The summed E-state index contributed by atoms with van der Waals surface area (Å²) in [5.41, 5.74) is 8.02. The van der Waals surface area contributed by atoms with Crippen molar-refractivity contribution in [2.45, 2.75) is 13.5 Å². The third-order valence-electron chi connectivity index (χ3n) is 2.23. The molecule has 5 heteroatoms. The first-order valence-corrected chi connectivity index (χ1v) is 4.63. The lowest BCUT2D eigenvalue weighted by Crippen LogP contribution is -2.07. The molecule has 0 fully saturated rings. The summed E-state index contributed by atoms with van der Waals surface area (Å²) in [6.07, 6.45) is 0. The molecule has 2 rings (SSSR count). The molecule has 1 heterocycles. The van der Waals surface area contributed by atoms with E-state index in [9.17, 15) is 5.11 Å². The largest absolute Gasteiger partial charge is 0.508 e. The number of hydrogen-bond acceptors (Lipinski definition) is 4. The van der Waals surface area contributed by atoms with E-state index in [4.69, 9.17) is 5.73 Å². The fourth-order valence-electron chi connectivity index (χ4n) is 1.44. The third kappa shape index (κ3) is 1.69. The third-order valence-corrected chi connectivity index (χ3v) is 2.23. The van der Waals surface area contributed by atoms with Crippen molar-refractivity contribution in [1.82, 2.24) is 15.0 Å². The number of nitrogens with two attached hydrogens (primary N) is 1. The van der Waals surface area contributed by atoms with Crippen molar-refractivity contribution in [3.8, 4) is 11.4 Å². The Morgan fingerprint density at radius 3 is 2.93 bits per heavy atom. The van der Waals surface area contributed by atoms with Crippen molar-refractivity contribution in [2.24, 2.45) is 5.73 Å². The highest BCUT2D eigenvalue weighted by atomic mass is 16.3. The summed E-state index contributed by atoms with van der Waals surface area (Å²) < 4.78 is 1.63. The normalized spacial score (nSPS) is 10.5. The van der Waals surface area contributed by atoms with Crippen LogP contribution in [0.15, 0.2) is 24.3 Å². The average Bonchev–Trinajstić information content (AvgIpc) is 2.59. The van der Waals surface area contributed by atoms with Crippen LogP contribution in [0.4, 0.5) is 0 Å². The Bertz CT molecular complexity index is 478. The van der Waals surface area contributed by atoms with E-state index in [2.05, 4.69) is 10.3 Å². The van der Waals surface area contributed by atoms with Crippen LogP contribution in [0.1, 0.15) is 11.4 Å². The number of aromatic hydroxyl groups is 1. The molecule has 0 bridgehead atoms. The van der Waals surface area contributed by atoms with Gasteiger partial charge in [-0.15, -0.1) is 5.10 Å². The highest BCUT2D eigenvalue weighted by Crippen LogP contribution is 2.16. The predicted molar refractivity (Wildman–Crippen MR) is 55.7 cm³/mol. The molecule has 1 aromatic carbocycles. The molecule has 3 N–H and O–H groups in total. The second-order valence-electron chi connectivity index (χ2n) is 3.26. The van der Waals surface area contributed by atoms with Crippen molar-refractivity contribution in [3.05, 3.63) is 35.7 Å². The summed E-state index contributed by atoms with van der Waals surface area (Å²) in [5, 5.41) is 17.3. The van der Waals surface area contributed by atoms with E-state index >= 15 is 0 Å². The van der Waals surface area contributed by atoms with Gasteiger partial charge in [0.2, 0.25) is 0 Å². The monoisotopic (exact) mass is 204 g/mol. The number of benzene rings is 1. The van der Waals surface area contributed by atoms with E-state index in [0.717, 1.165) is 17.1 Å². The topological polar surface area (TPSA) is 77.0 Å². The molecule has 0 spiro atoms. The van der Waals surface area contributed by atoms with Crippen LogP contribution in [0.2, 0.25) is 0 Å². The minimum absolute atomic E-state index is 0.198. The fourth-order valence-corrected chi connectivity index (χ4v) is 1.44. The van der Waals surface area contributed by atoms with Crippen LogP contribution in [0.3, 0.4) is 0 Å². The highest BCUT2D eigenvalue weighted by molar-refractivity contribution is 5.39. The first-order valence-electron chi connectivity index (χ1n) is 4.63. The summed E-state index contributed by atoms with van der Waals surface area (Å²) in [7, 11) is 0. The molecule has 0 aliphatic rings. The maximum absolute atomic E-state index is 9.35. The quantitative estimate of drug-likeness (QED) is 0.756. The maximum Gasteiger partial charge on any atom is 0.117 e. The Morgan fingerprint density at radius 2 is 2.27 bits per heavy atom. The molecule has 0 aliphatic carbocycles. The van der Waals surface area contributed by atoms with Gasteiger partial charge in [0, 0.05) is 12.6 Å². The van der Waals surface area contributed by atoms with Gasteiger partial charge in [0.05, 0.1) is 17.1 Å². The summed E-state index contributed by atoms with van der Waals surface area (Å²) in [4.78, 5) is 0. The minimum Gasteiger partial charge on any atom is -0.508 e. The molecule has 78 valence electrons. The van der Waals surface area contributed by atoms with Gasteiger partial charge >= 0.3 is 0 Å². The van der Waals surface area contributed by atoms with Crippen LogP contribution in [0.5, 0.6) is 5.75 Å². The van der Waals surface area contributed by atoms with Crippen LogP contribution in [0, 0.1) is 6.92 Å². The number of nitrogens with zero attached hydrogens (tertiary/aromatic N) is 3. The molecule has 0 amide bonds. The van der Waals surface area contributed by atoms with Crippen molar-refractivity contribution < 1.29 is 5.11 Å². The van der Waals surface area contributed by atoms with Gasteiger partial charge in [0.25, 0.3) is 0 Å². The van der Waals surface area contributed by atoms with Crippen molar-refractivity contribution >= 4 is 0 Å². The summed E-state index contributed by atoms with van der Waals surface area (Å²) in [6, 6.07) is 6.82. The van der Waals surface area contributed by atoms with Crippen LogP contribution >= 0.6 is 0 Å². The van der Waals surface area contributed by atoms with Gasteiger partial charge < -0.3 is 10.8 Å². The molecule has 0 saturated carbocycles. The fraction of sp³-hybridized carbons (Fsp3) is 0.200. The first kappa shape index (κ1) is 9.67. The van der Waals surface area contributed by atoms with E-state index in [0.29, 0.717) is 6.54 Å². The number of aryl methyl sites for hydroxylation is 1. The molecule has 0 radical (unpaired) electrons. The zero-order chi connectivity index (χ0) is 10.8. The van der Waals surface area contributed by atoms with Gasteiger partial charge in [-0.1, -0.05) is 11.3 Å². The highest BCUT2D eigenvalue weighted by Gasteiger charge is 2.09. The van der Waals surface area contributed by atoms with Crippen molar-refractivity contribution in [3.63, 3.8) is 0 Å². The van der Waals surface area contributed by atoms with E-state index in [1.54, 1.807) is 22.9 Å². The van der Waals surface area contributed by atoms with Crippen LogP contribution in [-0.4, -0.2) is 20.1 Å². The lowest BCUT2D eigenvalue weighted by atomic mass is 10.3. The standard InChI is InChI=1S/C10H12N4O/c1-7-10(6-11)14(13-12-7)8-3-2-4-9(15)5-8/h2-5,15H,6,11H2,1H3. The Hall–Kier alpha value is -1.88. The Kier molecular flexibility index (Phi) is 2.39. The summed E-state index contributed by atoms with van der Waals surface area (Å²) in [5.74, 6) is 0.198. The van der Waals surface area contributed by atoms with Crippen molar-refractivity contribution in [2.75, 3.05) is 0 Å². The smallest absolute Gasteiger partial charge is 0.117 e. The van der Waals surface area contributed by atoms with E-state index in [1.807, 2.05) is 13.0 Å². The Morgan fingerprint density at radius 1 is 1.47 bits per heavy atom. The number of phenolic OH excluding ortho intramolecular Hbond substituents is 1. The summed E-state index contributed by atoms with van der Waals surface area (Å²) >= 11 is 0. The van der Waals surface area contributed by atoms with E-state index in [-0.39, 0.29) is 5.75 Å². The minimum atomic E-state index is 0.198. The average molecular weight is 204 g/mol. The maximum atomic E-state index is 9.35. The second kappa shape index (κ2) is 3.70. The molecule has 0 unspecified atom stereocenters. The molecule has 0 atom stereocenters. The molecular weight excluding hydrogens is 192 g/mol. The molecule has 5 nitrogen and oxygen atoms in total. The van der Waals surface area contributed by atoms with Crippen LogP contribution < -0.4 is 5.73 Å². The molecule has 15 heavy (non-hydrogen) atoms. The van der Waals surface area contributed by atoms with Gasteiger partial charge in [-0.2, -0.15) is 0 Å². The van der Waals surface area contributed by atoms with E-state index in [1.165, 1.54) is 0 Å². The number of hydrogen-bond donors (Lipinski definition) is 2. The van der Waals surface area contributed by atoms with Gasteiger partial charge in [-0.3, -0.25) is 0 Å². The van der Waals surface area contributed by atoms with Gasteiger partial charge in [0.1, 0.15) is 5.75 Å². The number of rotatable bonds is 2. The predicted octanol–water partition coefficient (Wildman–Crippen LogP) is 0.740. The second-order valence-corrected chi connectivity index (χ2v) is 3.26. The van der Waals surface area contributed by atoms with Gasteiger partial charge in [-0.25, -0.2) is 4.68 Å². The van der Waals surface area contributed by atoms with E-state index < -0.39 is 0 Å². The number of aromatic nitrogens is 3. The number of phenols is 1. The van der Waals surface area contributed by atoms with Gasteiger partial charge in [0.15, 0.2) is 0 Å². The SMILES string of the molecule is Cc1nnn(-c2cccc(O)c2)c1CN. The van der Waals surface area contributed by atoms with Crippen molar-refractivity contribution in [1.29, 1.82) is 0 Å². The first-order chi connectivity index (χ1) is 7.22. The zero-order valence-electron chi connectivity index (χ0n) is 8.38. The molecule has 2 aromatic rings. The molecule has 1 aromatic heterocycles. The molecular formula is C10H12N4O. The van der Waals surface area contributed by atoms with Crippen LogP contribution in [0.25, 0.3) is 5.69 Å². The lowest BCUT2D eigenvalue weighted by Gasteiger charge is -2.04.